The first-order valence-corrected chi connectivity index (χ1v) is 4.95. The van der Waals surface area contributed by atoms with Gasteiger partial charge in [0.25, 0.3) is 0 Å². The Kier molecular flexibility index (Phi) is 4.28. The monoisotopic (exact) mass is 256 g/mol. The molecule has 1 aromatic carbocycles. The largest absolute Gasteiger partial charge is 0.389 e. The molecular weight excluding hydrogens is 249 g/mol. The maximum atomic E-state index is 13.2. The lowest BCUT2D eigenvalue weighted by Gasteiger charge is -2.17. The standard InChI is InChI=1S/C9H8Cl2F2O2/c10-3-6(14)9(15)7-4(12)1-2-5(13)8(7)11/h1-2,6,9,14-15H,3H2. The van der Waals surface area contributed by atoms with Crippen molar-refractivity contribution in [2.75, 3.05) is 5.88 Å². The lowest BCUT2D eigenvalue weighted by atomic mass is 10.0. The highest BCUT2D eigenvalue weighted by molar-refractivity contribution is 6.31. The quantitative estimate of drug-likeness (QED) is 0.644. The average Bonchev–Trinajstić information content (AvgIpc) is 2.22. The second-order valence-corrected chi connectivity index (χ2v) is 3.61. The molecule has 2 nitrogen and oxygen atoms in total. The first-order chi connectivity index (χ1) is 6.99. The van der Waals surface area contributed by atoms with Gasteiger partial charge < -0.3 is 10.2 Å². The Morgan fingerprint density at radius 2 is 1.73 bits per heavy atom. The molecule has 0 spiro atoms. The van der Waals surface area contributed by atoms with Gasteiger partial charge in [0.1, 0.15) is 17.7 Å². The summed E-state index contributed by atoms with van der Waals surface area (Å²) in [6.45, 7) is 0. The third-order valence-corrected chi connectivity index (χ3v) is 2.60. The number of rotatable bonds is 3. The highest BCUT2D eigenvalue weighted by Gasteiger charge is 2.25. The van der Waals surface area contributed by atoms with E-state index >= 15 is 0 Å². The van der Waals surface area contributed by atoms with Gasteiger partial charge in [0.15, 0.2) is 0 Å². The van der Waals surface area contributed by atoms with Crippen molar-refractivity contribution in [3.63, 3.8) is 0 Å². The maximum absolute atomic E-state index is 13.2. The Bertz CT molecular complexity index is 360. The molecule has 15 heavy (non-hydrogen) atoms. The van der Waals surface area contributed by atoms with E-state index in [1.807, 2.05) is 0 Å². The Morgan fingerprint density at radius 1 is 1.20 bits per heavy atom. The summed E-state index contributed by atoms with van der Waals surface area (Å²) in [7, 11) is 0. The third kappa shape index (κ3) is 2.58. The lowest BCUT2D eigenvalue weighted by Crippen LogP contribution is -2.21. The molecule has 0 saturated carbocycles. The van der Waals surface area contributed by atoms with Gasteiger partial charge in [0.2, 0.25) is 0 Å². The normalized spacial score (nSPS) is 15.1. The molecule has 0 aliphatic rings. The van der Waals surface area contributed by atoms with Gasteiger partial charge >= 0.3 is 0 Å². The van der Waals surface area contributed by atoms with E-state index in [0.717, 1.165) is 12.1 Å². The second-order valence-electron chi connectivity index (χ2n) is 2.92. The summed E-state index contributed by atoms with van der Waals surface area (Å²) in [5.41, 5.74) is -0.482. The molecule has 0 bridgehead atoms. The van der Waals surface area contributed by atoms with Crippen molar-refractivity contribution in [1.29, 1.82) is 0 Å². The van der Waals surface area contributed by atoms with E-state index < -0.39 is 34.4 Å². The molecule has 0 heterocycles. The number of hydrogen-bond acceptors (Lipinski definition) is 2. The highest BCUT2D eigenvalue weighted by atomic mass is 35.5. The lowest BCUT2D eigenvalue weighted by molar-refractivity contribution is 0.0303. The molecule has 1 aromatic rings. The summed E-state index contributed by atoms with van der Waals surface area (Å²) in [5.74, 6) is -2.07. The van der Waals surface area contributed by atoms with Gasteiger partial charge in [-0.3, -0.25) is 0 Å². The van der Waals surface area contributed by atoms with Crippen LogP contribution in [0, 0.1) is 11.6 Å². The predicted octanol–water partition coefficient (Wildman–Crippen LogP) is 2.25. The number of halogens is 4. The van der Waals surface area contributed by atoms with Gasteiger partial charge in [0.05, 0.1) is 17.0 Å². The zero-order valence-corrected chi connectivity index (χ0v) is 8.93. The first kappa shape index (κ1) is 12.6. The van der Waals surface area contributed by atoms with Crippen LogP contribution in [0.1, 0.15) is 11.7 Å². The van der Waals surface area contributed by atoms with Crippen LogP contribution in [-0.2, 0) is 0 Å². The Hall–Kier alpha value is -0.420. The van der Waals surface area contributed by atoms with Crippen LogP contribution in [0.3, 0.4) is 0 Å². The van der Waals surface area contributed by atoms with Crippen LogP contribution >= 0.6 is 23.2 Å². The molecular formula is C9H8Cl2F2O2. The molecule has 0 saturated heterocycles. The average molecular weight is 257 g/mol. The Morgan fingerprint density at radius 3 is 2.27 bits per heavy atom. The van der Waals surface area contributed by atoms with Gasteiger partial charge in [-0.1, -0.05) is 11.6 Å². The van der Waals surface area contributed by atoms with Crippen molar-refractivity contribution in [1.82, 2.24) is 0 Å². The van der Waals surface area contributed by atoms with E-state index in [4.69, 9.17) is 23.2 Å². The van der Waals surface area contributed by atoms with E-state index in [2.05, 4.69) is 0 Å². The smallest absolute Gasteiger partial charge is 0.142 e. The van der Waals surface area contributed by atoms with Gasteiger partial charge in [-0.05, 0) is 12.1 Å². The summed E-state index contributed by atoms with van der Waals surface area (Å²) in [5, 5.41) is 18.1. The second kappa shape index (κ2) is 5.07. The maximum Gasteiger partial charge on any atom is 0.142 e. The summed E-state index contributed by atoms with van der Waals surface area (Å²) >= 11 is 10.7. The van der Waals surface area contributed by atoms with Gasteiger partial charge in [0, 0.05) is 5.56 Å². The van der Waals surface area contributed by atoms with Crippen molar-refractivity contribution in [3.8, 4) is 0 Å². The summed E-state index contributed by atoms with van der Waals surface area (Å²) < 4.78 is 26.2. The summed E-state index contributed by atoms with van der Waals surface area (Å²) in [4.78, 5) is 0. The van der Waals surface area contributed by atoms with Crippen molar-refractivity contribution >= 4 is 23.2 Å². The number of alkyl halides is 1. The molecule has 0 fully saturated rings. The van der Waals surface area contributed by atoms with Crippen molar-refractivity contribution < 1.29 is 19.0 Å². The zero-order chi connectivity index (χ0) is 11.6. The fourth-order valence-corrected chi connectivity index (χ4v) is 1.52. The van der Waals surface area contributed by atoms with E-state index in [-0.39, 0.29) is 5.88 Å². The van der Waals surface area contributed by atoms with Crippen molar-refractivity contribution in [2.45, 2.75) is 12.2 Å². The summed E-state index contributed by atoms with van der Waals surface area (Å²) in [6, 6.07) is 1.65. The van der Waals surface area contributed by atoms with Crippen LogP contribution in [0.15, 0.2) is 12.1 Å². The number of benzene rings is 1. The molecule has 2 N–H and O–H groups in total. The van der Waals surface area contributed by atoms with Crippen molar-refractivity contribution in [3.05, 3.63) is 34.4 Å². The van der Waals surface area contributed by atoms with E-state index in [0.29, 0.717) is 0 Å². The molecule has 2 unspecified atom stereocenters. The van der Waals surface area contributed by atoms with Crippen LogP contribution in [-0.4, -0.2) is 22.2 Å². The Labute approximate surface area is 95.1 Å². The van der Waals surface area contributed by atoms with Gasteiger partial charge in [-0.25, -0.2) is 8.78 Å². The van der Waals surface area contributed by atoms with Gasteiger partial charge in [-0.15, -0.1) is 11.6 Å². The van der Waals surface area contributed by atoms with Crippen LogP contribution < -0.4 is 0 Å². The van der Waals surface area contributed by atoms with Gasteiger partial charge in [-0.2, -0.15) is 0 Å². The zero-order valence-electron chi connectivity index (χ0n) is 7.42. The van der Waals surface area contributed by atoms with E-state index in [1.165, 1.54) is 0 Å². The highest BCUT2D eigenvalue weighted by Crippen LogP contribution is 2.30. The topological polar surface area (TPSA) is 40.5 Å². The minimum Gasteiger partial charge on any atom is -0.389 e. The first-order valence-electron chi connectivity index (χ1n) is 4.04. The minimum absolute atomic E-state index is 0.312. The van der Waals surface area contributed by atoms with Crippen LogP contribution in [0.25, 0.3) is 0 Å². The molecule has 0 aliphatic carbocycles. The molecule has 0 amide bonds. The van der Waals surface area contributed by atoms with Crippen LogP contribution in [0.2, 0.25) is 5.02 Å². The molecule has 6 heteroatoms. The molecule has 0 radical (unpaired) electrons. The van der Waals surface area contributed by atoms with E-state index in [9.17, 15) is 19.0 Å². The van der Waals surface area contributed by atoms with Crippen molar-refractivity contribution in [2.24, 2.45) is 0 Å². The fraction of sp³-hybridized carbons (Fsp3) is 0.333. The molecule has 2 atom stereocenters. The van der Waals surface area contributed by atoms with Crippen LogP contribution in [0.5, 0.6) is 0 Å². The number of aliphatic hydroxyl groups is 2. The molecule has 84 valence electrons. The van der Waals surface area contributed by atoms with Crippen LogP contribution in [0.4, 0.5) is 8.78 Å². The SMILES string of the molecule is OC(CCl)C(O)c1c(F)ccc(F)c1Cl. The Balaban J connectivity index is 3.18. The number of aliphatic hydroxyl groups excluding tert-OH is 2. The summed E-state index contributed by atoms with van der Waals surface area (Å²) in [6.07, 6.45) is -3.05. The third-order valence-electron chi connectivity index (χ3n) is 1.90. The minimum atomic E-state index is -1.65. The predicted molar refractivity (Wildman–Crippen MR) is 53.1 cm³/mol. The molecule has 1 rings (SSSR count). The molecule has 0 aromatic heterocycles. The van der Waals surface area contributed by atoms with E-state index in [1.54, 1.807) is 0 Å². The molecule has 0 aliphatic heterocycles. The fourth-order valence-electron chi connectivity index (χ4n) is 1.09. The number of hydrogen-bond donors (Lipinski definition) is 2.